The number of ether oxygens (including phenoxy) is 1. The van der Waals surface area contributed by atoms with Crippen LogP contribution in [0.2, 0.25) is 0 Å². The molecule has 0 aliphatic rings. The van der Waals surface area contributed by atoms with E-state index in [4.69, 9.17) is 9.15 Å². The maximum Gasteiger partial charge on any atom is 0.255 e. The highest BCUT2D eigenvalue weighted by molar-refractivity contribution is 6.05. The number of nitrogens with one attached hydrogen (secondary N) is 1. The molecule has 156 valence electrons. The quantitative estimate of drug-likeness (QED) is 0.379. The number of hydrogen-bond donors (Lipinski definition) is 1. The van der Waals surface area contributed by atoms with Crippen molar-refractivity contribution in [2.45, 2.75) is 6.61 Å². The van der Waals surface area contributed by atoms with Crippen molar-refractivity contribution in [3.63, 3.8) is 0 Å². The van der Waals surface area contributed by atoms with Crippen molar-refractivity contribution < 1.29 is 13.9 Å². The van der Waals surface area contributed by atoms with Crippen molar-refractivity contribution in [1.82, 2.24) is 9.97 Å². The van der Waals surface area contributed by atoms with Gasteiger partial charge in [0.1, 0.15) is 17.9 Å². The molecule has 1 amide bonds. The molecule has 2 heterocycles. The lowest BCUT2D eigenvalue weighted by atomic mass is 10.2. The second-order valence-corrected chi connectivity index (χ2v) is 7.20. The van der Waals surface area contributed by atoms with Crippen LogP contribution in [-0.4, -0.2) is 15.9 Å². The van der Waals surface area contributed by atoms with Crippen LogP contribution in [0.5, 0.6) is 5.75 Å². The summed E-state index contributed by atoms with van der Waals surface area (Å²) in [6.07, 6.45) is 3.39. The van der Waals surface area contributed by atoms with Crippen LogP contribution in [0.25, 0.3) is 22.6 Å². The van der Waals surface area contributed by atoms with Crippen LogP contribution in [0.4, 0.5) is 5.69 Å². The Labute approximate surface area is 184 Å². The minimum Gasteiger partial charge on any atom is -0.489 e. The van der Waals surface area contributed by atoms with Gasteiger partial charge < -0.3 is 14.5 Å². The zero-order chi connectivity index (χ0) is 21.8. The number of anilines is 1. The molecule has 5 aromatic rings. The standard InChI is InChI=1S/C26H19N3O3/c30-25(19-8-11-22(12-9-19)31-17-18-5-2-1-3-6-18)28-21-10-13-24-23(15-21)29-26(32-24)20-7-4-14-27-16-20/h1-16H,17H2,(H,28,30). The number of amides is 1. The van der Waals surface area contributed by atoms with Gasteiger partial charge in [-0.1, -0.05) is 30.3 Å². The van der Waals surface area contributed by atoms with Gasteiger partial charge in [0.2, 0.25) is 5.89 Å². The van der Waals surface area contributed by atoms with Crippen LogP contribution >= 0.6 is 0 Å². The largest absolute Gasteiger partial charge is 0.489 e. The molecule has 1 N–H and O–H groups in total. The van der Waals surface area contributed by atoms with Gasteiger partial charge in [-0.3, -0.25) is 9.78 Å². The molecule has 0 aliphatic carbocycles. The predicted octanol–water partition coefficient (Wildman–Crippen LogP) is 5.72. The highest BCUT2D eigenvalue weighted by Crippen LogP contribution is 2.26. The van der Waals surface area contributed by atoms with Crippen molar-refractivity contribution in [2.24, 2.45) is 0 Å². The number of benzene rings is 3. The van der Waals surface area contributed by atoms with Crippen molar-refractivity contribution >= 4 is 22.7 Å². The molecule has 32 heavy (non-hydrogen) atoms. The smallest absolute Gasteiger partial charge is 0.255 e. The maximum atomic E-state index is 12.7. The number of aromatic nitrogens is 2. The fourth-order valence-electron chi connectivity index (χ4n) is 3.26. The van der Waals surface area contributed by atoms with Crippen LogP contribution in [0, 0.1) is 0 Å². The summed E-state index contributed by atoms with van der Waals surface area (Å²) in [6.45, 7) is 0.477. The van der Waals surface area contributed by atoms with Crippen LogP contribution in [0.3, 0.4) is 0 Å². The Morgan fingerprint density at radius 1 is 0.938 bits per heavy atom. The fourth-order valence-corrected chi connectivity index (χ4v) is 3.26. The van der Waals surface area contributed by atoms with Gasteiger partial charge in [0, 0.05) is 23.6 Å². The van der Waals surface area contributed by atoms with Crippen molar-refractivity contribution in [2.75, 3.05) is 5.32 Å². The Morgan fingerprint density at radius 3 is 2.56 bits per heavy atom. The lowest BCUT2D eigenvalue weighted by Gasteiger charge is -2.08. The third-order valence-electron chi connectivity index (χ3n) is 4.92. The molecule has 0 atom stereocenters. The number of carbonyl (C=O) groups excluding carboxylic acids is 1. The summed E-state index contributed by atoms with van der Waals surface area (Å²) in [5.41, 5.74) is 4.35. The summed E-state index contributed by atoms with van der Waals surface area (Å²) in [6, 6.07) is 26.1. The molecule has 0 aliphatic heterocycles. The summed E-state index contributed by atoms with van der Waals surface area (Å²) >= 11 is 0. The normalized spacial score (nSPS) is 10.8. The third-order valence-corrected chi connectivity index (χ3v) is 4.92. The monoisotopic (exact) mass is 421 g/mol. The Hall–Kier alpha value is -4.45. The summed E-state index contributed by atoms with van der Waals surface area (Å²) in [4.78, 5) is 21.3. The van der Waals surface area contributed by atoms with E-state index in [-0.39, 0.29) is 5.91 Å². The molecule has 0 fully saturated rings. The molecule has 5 rings (SSSR count). The Morgan fingerprint density at radius 2 is 1.78 bits per heavy atom. The van der Waals surface area contributed by atoms with E-state index in [1.165, 1.54) is 0 Å². The Bertz CT molecular complexity index is 1350. The van der Waals surface area contributed by atoms with E-state index in [9.17, 15) is 4.79 Å². The number of oxazole rings is 1. The molecule has 6 nitrogen and oxygen atoms in total. The SMILES string of the molecule is O=C(Nc1ccc2oc(-c3cccnc3)nc2c1)c1ccc(OCc2ccccc2)cc1. The number of carbonyl (C=O) groups is 1. The number of nitrogens with zero attached hydrogens (tertiary/aromatic N) is 2. The lowest BCUT2D eigenvalue weighted by molar-refractivity contribution is 0.102. The Kier molecular flexibility index (Phi) is 5.32. The molecular formula is C26H19N3O3. The van der Waals surface area contributed by atoms with Gasteiger partial charge in [-0.25, -0.2) is 4.98 Å². The average Bonchev–Trinajstić information content (AvgIpc) is 3.28. The van der Waals surface area contributed by atoms with Crippen LogP contribution in [0.15, 0.2) is 102 Å². The molecule has 0 saturated carbocycles. The highest BCUT2D eigenvalue weighted by atomic mass is 16.5. The molecule has 0 bridgehead atoms. The minimum atomic E-state index is -0.213. The van der Waals surface area contributed by atoms with E-state index >= 15 is 0 Å². The van der Waals surface area contributed by atoms with Crippen molar-refractivity contribution in [3.8, 4) is 17.2 Å². The molecule has 3 aromatic carbocycles. The molecule has 0 saturated heterocycles. The zero-order valence-corrected chi connectivity index (χ0v) is 17.1. The molecule has 0 spiro atoms. The number of pyridine rings is 1. The zero-order valence-electron chi connectivity index (χ0n) is 17.1. The number of hydrogen-bond acceptors (Lipinski definition) is 5. The van der Waals surface area contributed by atoms with Crippen molar-refractivity contribution in [3.05, 3.63) is 108 Å². The average molecular weight is 421 g/mol. The third kappa shape index (κ3) is 4.34. The second kappa shape index (κ2) is 8.73. The van der Waals surface area contributed by atoms with E-state index in [1.54, 1.807) is 54.9 Å². The van der Waals surface area contributed by atoms with E-state index in [0.717, 1.165) is 11.1 Å². The van der Waals surface area contributed by atoms with E-state index < -0.39 is 0 Å². The summed E-state index contributed by atoms with van der Waals surface area (Å²) in [5, 5.41) is 2.90. The summed E-state index contributed by atoms with van der Waals surface area (Å²) in [5.74, 6) is 0.981. The van der Waals surface area contributed by atoms with E-state index in [1.807, 2.05) is 42.5 Å². The van der Waals surface area contributed by atoms with Crippen molar-refractivity contribution in [1.29, 1.82) is 0 Å². The van der Waals surface area contributed by atoms with Gasteiger partial charge in [0.15, 0.2) is 5.58 Å². The number of fused-ring (bicyclic) bond motifs is 1. The first kappa shape index (κ1) is 19.5. The minimum absolute atomic E-state index is 0.213. The first-order valence-electron chi connectivity index (χ1n) is 10.1. The lowest BCUT2D eigenvalue weighted by Crippen LogP contribution is -2.11. The van der Waals surface area contributed by atoms with E-state index in [2.05, 4.69) is 15.3 Å². The maximum absolute atomic E-state index is 12.7. The van der Waals surface area contributed by atoms with Gasteiger partial charge >= 0.3 is 0 Å². The summed E-state index contributed by atoms with van der Waals surface area (Å²) < 4.78 is 11.6. The molecule has 2 aromatic heterocycles. The highest BCUT2D eigenvalue weighted by Gasteiger charge is 2.11. The van der Waals surface area contributed by atoms with Crippen LogP contribution < -0.4 is 10.1 Å². The molecule has 6 heteroatoms. The van der Waals surface area contributed by atoms with Gasteiger partial charge in [-0.2, -0.15) is 0 Å². The molecule has 0 unspecified atom stereocenters. The molecular weight excluding hydrogens is 402 g/mol. The number of rotatable bonds is 6. The Balaban J connectivity index is 1.26. The predicted molar refractivity (Wildman–Crippen MR) is 122 cm³/mol. The first-order valence-corrected chi connectivity index (χ1v) is 10.1. The first-order chi connectivity index (χ1) is 15.7. The van der Waals surface area contributed by atoms with E-state index in [0.29, 0.717) is 40.6 Å². The van der Waals surface area contributed by atoms with Gasteiger partial charge in [0.05, 0.1) is 5.56 Å². The van der Waals surface area contributed by atoms with Gasteiger partial charge in [-0.05, 0) is 60.2 Å². The topological polar surface area (TPSA) is 77.3 Å². The van der Waals surface area contributed by atoms with Gasteiger partial charge in [-0.15, -0.1) is 0 Å². The van der Waals surface area contributed by atoms with Crippen LogP contribution in [0.1, 0.15) is 15.9 Å². The van der Waals surface area contributed by atoms with Gasteiger partial charge in [0.25, 0.3) is 5.91 Å². The molecule has 0 radical (unpaired) electrons. The van der Waals surface area contributed by atoms with Crippen LogP contribution in [-0.2, 0) is 6.61 Å². The fraction of sp³-hybridized carbons (Fsp3) is 0.0385. The summed E-state index contributed by atoms with van der Waals surface area (Å²) in [7, 11) is 0. The second-order valence-electron chi connectivity index (χ2n) is 7.20.